The number of hydrogen-bond donors (Lipinski definition) is 1. The number of halogens is 1. The minimum absolute atomic E-state index is 0.0812. The standard InChI is InChI=1S/C21H19BrN2O/c22-20-11-5-8-17-18(20)9-4-10-19(17)21(25)23-15-6-3-7-16(14-15)24-12-1-2-13-24/h3-11,14H,1-2,12-13H2,(H,23,25). The van der Waals surface area contributed by atoms with Crippen LogP contribution in [0.4, 0.5) is 11.4 Å². The molecule has 0 spiro atoms. The first-order valence-electron chi connectivity index (χ1n) is 8.56. The highest BCUT2D eigenvalue weighted by molar-refractivity contribution is 9.10. The summed E-state index contributed by atoms with van der Waals surface area (Å²) in [6, 6.07) is 19.8. The molecule has 0 aromatic heterocycles. The molecule has 4 heteroatoms. The van der Waals surface area contributed by atoms with Gasteiger partial charge >= 0.3 is 0 Å². The number of anilines is 2. The van der Waals surface area contributed by atoms with Crippen molar-refractivity contribution in [3.8, 4) is 0 Å². The van der Waals surface area contributed by atoms with E-state index >= 15 is 0 Å². The number of amides is 1. The van der Waals surface area contributed by atoms with Crippen LogP contribution in [-0.4, -0.2) is 19.0 Å². The summed E-state index contributed by atoms with van der Waals surface area (Å²) >= 11 is 3.56. The molecule has 3 aromatic carbocycles. The lowest BCUT2D eigenvalue weighted by Crippen LogP contribution is -2.18. The molecule has 0 atom stereocenters. The number of rotatable bonds is 3. The van der Waals surface area contributed by atoms with Gasteiger partial charge in [0.05, 0.1) is 0 Å². The molecule has 1 aliphatic rings. The van der Waals surface area contributed by atoms with Crippen LogP contribution >= 0.6 is 15.9 Å². The molecule has 1 heterocycles. The lowest BCUT2D eigenvalue weighted by molar-refractivity contribution is 0.102. The number of hydrogen-bond acceptors (Lipinski definition) is 2. The number of fused-ring (bicyclic) bond motifs is 1. The lowest BCUT2D eigenvalue weighted by atomic mass is 10.0. The van der Waals surface area contributed by atoms with Crippen LogP contribution in [0.3, 0.4) is 0 Å². The van der Waals surface area contributed by atoms with Gasteiger partial charge in [-0.25, -0.2) is 0 Å². The SMILES string of the molecule is O=C(Nc1cccc(N2CCCC2)c1)c1cccc2c(Br)cccc12. The third-order valence-electron chi connectivity index (χ3n) is 4.69. The predicted molar refractivity (Wildman–Crippen MR) is 107 cm³/mol. The van der Waals surface area contributed by atoms with Crippen molar-refractivity contribution in [2.75, 3.05) is 23.3 Å². The number of carbonyl (C=O) groups is 1. The highest BCUT2D eigenvalue weighted by Crippen LogP contribution is 2.28. The number of nitrogens with one attached hydrogen (secondary N) is 1. The zero-order chi connectivity index (χ0) is 17.2. The molecule has 0 bridgehead atoms. The van der Waals surface area contributed by atoms with Gasteiger partial charge in [0.15, 0.2) is 0 Å². The fraction of sp³-hybridized carbons (Fsp3) is 0.190. The second kappa shape index (κ2) is 6.89. The van der Waals surface area contributed by atoms with Crippen molar-refractivity contribution in [3.05, 3.63) is 70.7 Å². The molecule has 3 aromatic rings. The molecular weight excluding hydrogens is 376 g/mol. The molecule has 126 valence electrons. The number of nitrogens with zero attached hydrogens (tertiary/aromatic N) is 1. The second-order valence-corrected chi connectivity index (χ2v) is 7.19. The Morgan fingerprint density at radius 3 is 2.48 bits per heavy atom. The van der Waals surface area contributed by atoms with Crippen molar-refractivity contribution in [2.45, 2.75) is 12.8 Å². The van der Waals surface area contributed by atoms with Gasteiger partial charge in [0.2, 0.25) is 0 Å². The van der Waals surface area contributed by atoms with E-state index in [0.717, 1.165) is 34.0 Å². The Kier molecular flexibility index (Phi) is 4.45. The molecule has 3 nitrogen and oxygen atoms in total. The fourth-order valence-corrected chi connectivity index (χ4v) is 3.92. The summed E-state index contributed by atoms with van der Waals surface area (Å²) < 4.78 is 0.996. The highest BCUT2D eigenvalue weighted by Gasteiger charge is 2.14. The second-order valence-electron chi connectivity index (χ2n) is 6.34. The average molecular weight is 395 g/mol. The summed E-state index contributed by atoms with van der Waals surface area (Å²) in [6.45, 7) is 2.18. The van der Waals surface area contributed by atoms with Gasteiger partial charge < -0.3 is 10.2 Å². The van der Waals surface area contributed by atoms with Crippen LogP contribution < -0.4 is 10.2 Å². The fourth-order valence-electron chi connectivity index (χ4n) is 3.42. The summed E-state index contributed by atoms with van der Waals surface area (Å²) in [5.41, 5.74) is 2.70. The summed E-state index contributed by atoms with van der Waals surface area (Å²) in [7, 11) is 0. The monoisotopic (exact) mass is 394 g/mol. The van der Waals surface area contributed by atoms with E-state index < -0.39 is 0 Å². The van der Waals surface area contributed by atoms with Crippen LogP contribution in [0.5, 0.6) is 0 Å². The van der Waals surface area contributed by atoms with Crippen LogP contribution in [0.15, 0.2) is 65.1 Å². The van der Waals surface area contributed by atoms with E-state index in [-0.39, 0.29) is 5.91 Å². The minimum atomic E-state index is -0.0812. The van der Waals surface area contributed by atoms with Gasteiger partial charge in [0, 0.05) is 34.5 Å². The number of benzene rings is 3. The zero-order valence-electron chi connectivity index (χ0n) is 13.8. The molecule has 4 rings (SSSR count). The van der Waals surface area contributed by atoms with Crippen molar-refractivity contribution in [1.29, 1.82) is 0 Å². The first-order chi connectivity index (χ1) is 12.2. The molecule has 0 unspecified atom stereocenters. The van der Waals surface area contributed by atoms with E-state index in [1.165, 1.54) is 18.5 Å². The van der Waals surface area contributed by atoms with Gasteiger partial charge in [-0.2, -0.15) is 0 Å². The van der Waals surface area contributed by atoms with Crippen molar-refractivity contribution in [1.82, 2.24) is 0 Å². The summed E-state index contributed by atoms with van der Waals surface area (Å²) in [4.78, 5) is 15.2. The van der Waals surface area contributed by atoms with Crippen molar-refractivity contribution >= 4 is 44.0 Å². The Hall–Kier alpha value is -2.33. The van der Waals surface area contributed by atoms with E-state index in [1.54, 1.807) is 0 Å². The normalized spacial score (nSPS) is 14.0. The van der Waals surface area contributed by atoms with Gasteiger partial charge in [-0.1, -0.05) is 46.3 Å². The van der Waals surface area contributed by atoms with E-state index in [0.29, 0.717) is 5.56 Å². The van der Waals surface area contributed by atoms with E-state index in [1.807, 2.05) is 48.5 Å². The van der Waals surface area contributed by atoms with Crippen molar-refractivity contribution in [2.24, 2.45) is 0 Å². The molecule has 0 radical (unpaired) electrons. The molecule has 25 heavy (non-hydrogen) atoms. The molecule has 1 saturated heterocycles. The van der Waals surface area contributed by atoms with E-state index in [4.69, 9.17) is 0 Å². The molecule has 0 saturated carbocycles. The van der Waals surface area contributed by atoms with Crippen LogP contribution in [0.1, 0.15) is 23.2 Å². The van der Waals surface area contributed by atoms with Crippen LogP contribution in [0, 0.1) is 0 Å². The lowest BCUT2D eigenvalue weighted by Gasteiger charge is -2.18. The van der Waals surface area contributed by atoms with Crippen LogP contribution in [0.2, 0.25) is 0 Å². The quantitative estimate of drug-likeness (QED) is 0.639. The van der Waals surface area contributed by atoms with Crippen LogP contribution in [0.25, 0.3) is 10.8 Å². The third-order valence-corrected chi connectivity index (χ3v) is 5.38. The molecule has 1 N–H and O–H groups in total. The Morgan fingerprint density at radius 1 is 0.920 bits per heavy atom. The Balaban J connectivity index is 1.62. The summed E-state index contributed by atoms with van der Waals surface area (Å²) in [6.07, 6.45) is 2.48. The molecule has 1 fully saturated rings. The minimum Gasteiger partial charge on any atom is -0.371 e. The molecule has 1 aliphatic heterocycles. The smallest absolute Gasteiger partial charge is 0.256 e. The van der Waals surface area contributed by atoms with Gasteiger partial charge in [0.25, 0.3) is 5.91 Å². The van der Waals surface area contributed by atoms with E-state index in [2.05, 4.69) is 38.3 Å². The van der Waals surface area contributed by atoms with Crippen LogP contribution in [-0.2, 0) is 0 Å². The predicted octanol–water partition coefficient (Wildman–Crippen LogP) is 5.45. The van der Waals surface area contributed by atoms with Gasteiger partial charge in [0.1, 0.15) is 0 Å². The first kappa shape index (κ1) is 16.2. The van der Waals surface area contributed by atoms with Gasteiger partial charge in [-0.15, -0.1) is 0 Å². The van der Waals surface area contributed by atoms with Gasteiger partial charge in [-0.05, 0) is 53.9 Å². The largest absolute Gasteiger partial charge is 0.371 e. The summed E-state index contributed by atoms with van der Waals surface area (Å²) in [5, 5.41) is 5.04. The maximum absolute atomic E-state index is 12.8. The molecular formula is C21H19BrN2O. The zero-order valence-corrected chi connectivity index (χ0v) is 15.4. The highest BCUT2D eigenvalue weighted by atomic mass is 79.9. The van der Waals surface area contributed by atoms with Gasteiger partial charge in [-0.3, -0.25) is 4.79 Å². The average Bonchev–Trinajstić information content (AvgIpc) is 3.17. The molecule has 1 amide bonds. The Morgan fingerprint density at radius 2 is 1.64 bits per heavy atom. The first-order valence-corrected chi connectivity index (χ1v) is 9.35. The Labute approximate surface area is 155 Å². The van der Waals surface area contributed by atoms with Crippen molar-refractivity contribution in [3.63, 3.8) is 0 Å². The third kappa shape index (κ3) is 3.27. The maximum atomic E-state index is 12.8. The Bertz CT molecular complexity index is 932. The maximum Gasteiger partial charge on any atom is 0.256 e. The van der Waals surface area contributed by atoms with E-state index in [9.17, 15) is 4.79 Å². The van der Waals surface area contributed by atoms with Crippen molar-refractivity contribution < 1.29 is 4.79 Å². The number of carbonyl (C=O) groups excluding carboxylic acids is 1. The molecule has 0 aliphatic carbocycles. The topological polar surface area (TPSA) is 32.3 Å². The summed E-state index contributed by atoms with van der Waals surface area (Å²) in [5.74, 6) is -0.0812.